The number of carbonyl (C=O) groups is 2. The van der Waals surface area contributed by atoms with Crippen molar-refractivity contribution in [3.05, 3.63) is 57.1 Å². The molecular formula is C22H23N3O9. The Hall–Kier alpha value is -4.35. The fourth-order valence-electron chi connectivity index (χ4n) is 3.23. The van der Waals surface area contributed by atoms with E-state index in [0.29, 0.717) is 22.7 Å². The summed E-state index contributed by atoms with van der Waals surface area (Å²) in [5.74, 6) is -0.901. The smallest absolute Gasteiger partial charge is 0.419 e. The molecular weight excluding hydrogens is 450 g/mol. The molecule has 3 aromatic rings. The summed E-state index contributed by atoms with van der Waals surface area (Å²) in [6, 6.07) is 8.67. The maximum Gasteiger partial charge on any atom is 0.419 e. The lowest BCUT2D eigenvalue weighted by atomic mass is 10.2. The van der Waals surface area contributed by atoms with Crippen LogP contribution < -0.4 is 20.5 Å². The molecule has 12 heteroatoms. The largest absolute Gasteiger partial charge is 0.493 e. The Morgan fingerprint density at radius 3 is 2.56 bits per heavy atom. The van der Waals surface area contributed by atoms with Crippen molar-refractivity contribution in [3.8, 4) is 11.5 Å². The van der Waals surface area contributed by atoms with Gasteiger partial charge in [-0.25, -0.2) is 4.79 Å². The average molecular weight is 473 g/mol. The number of ether oxygens (including phenoxy) is 3. The molecule has 0 saturated heterocycles. The Morgan fingerprint density at radius 1 is 1.15 bits per heavy atom. The number of esters is 1. The molecule has 34 heavy (non-hydrogen) atoms. The summed E-state index contributed by atoms with van der Waals surface area (Å²) in [6.07, 6.45) is -0.882. The zero-order chi connectivity index (χ0) is 24.8. The predicted molar refractivity (Wildman–Crippen MR) is 120 cm³/mol. The van der Waals surface area contributed by atoms with E-state index in [4.69, 9.17) is 18.6 Å². The Kier molecular flexibility index (Phi) is 7.51. The highest BCUT2D eigenvalue weighted by Crippen LogP contribution is 2.29. The molecule has 1 aromatic heterocycles. The summed E-state index contributed by atoms with van der Waals surface area (Å²) in [4.78, 5) is 46.9. The molecule has 0 saturated carbocycles. The third-order valence-corrected chi connectivity index (χ3v) is 4.95. The first-order valence-electron chi connectivity index (χ1n) is 10.2. The van der Waals surface area contributed by atoms with Gasteiger partial charge in [0.25, 0.3) is 11.6 Å². The van der Waals surface area contributed by atoms with Gasteiger partial charge in [-0.3, -0.25) is 24.3 Å². The van der Waals surface area contributed by atoms with Crippen LogP contribution in [0.3, 0.4) is 0 Å². The van der Waals surface area contributed by atoms with E-state index in [1.807, 2.05) is 0 Å². The van der Waals surface area contributed by atoms with Gasteiger partial charge in [-0.15, -0.1) is 0 Å². The minimum atomic E-state index is -1.06. The van der Waals surface area contributed by atoms with Crippen molar-refractivity contribution in [1.82, 2.24) is 4.57 Å². The molecule has 3 rings (SSSR count). The molecule has 0 fully saturated rings. The van der Waals surface area contributed by atoms with Gasteiger partial charge in [0.05, 0.1) is 30.7 Å². The molecule has 0 aliphatic rings. The molecule has 0 spiro atoms. The second kappa shape index (κ2) is 10.5. The van der Waals surface area contributed by atoms with Crippen LogP contribution in [0.1, 0.15) is 19.8 Å². The number of aryl methyl sites for hydroxylation is 1. The van der Waals surface area contributed by atoms with Gasteiger partial charge < -0.3 is 23.9 Å². The minimum Gasteiger partial charge on any atom is -0.493 e. The molecule has 1 heterocycles. The number of fused-ring (bicyclic) bond motifs is 1. The molecule has 1 amide bonds. The van der Waals surface area contributed by atoms with Crippen molar-refractivity contribution in [2.75, 3.05) is 19.5 Å². The number of hydrogen-bond donors (Lipinski definition) is 1. The first-order valence-corrected chi connectivity index (χ1v) is 10.2. The van der Waals surface area contributed by atoms with Crippen LogP contribution in [-0.2, 0) is 20.9 Å². The number of methoxy groups -OCH3 is 2. The Morgan fingerprint density at radius 2 is 1.88 bits per heavy atom. The number of nitrogens with zero attached hydrogens (tertiary/aromatic N) is 2. The molecule has 1 unspecified atom stereocenters. The van der Waals surface area contributed by atoms with Crippen LogP contribution in [0, 0.1) is 10.1 Å². The SMILES string of the molecule is COc1ccc(NC(=O)C(C)OC(=O)CCCn2c(=O)oc3cc([N+](=O)[O-])ccc32)cc1OC. The lowest BCUT2D eigenvalue weighted by Gasteiger charge is -2.15. The highest BCUT2D eigenvalue weighted by atomic mass is 16.6. The number of carbonyl (C=O) groups excluding carboxylic acids is 2. The number of nitro benzene ring substituents is 1. The van der Waals surface area contributed by atoms with Gasteiger partial charge in [0.15, 0.2) is 23.2 Å². The number of rotatable bonds is 10. The minimum absolute atomic E-state index is 0.0555. The van der Waals surface area contributed by atoms with Crippen molar-refractivity contribution < 1.29 is 33.1 Å². The number of anilines is 1. The van der Waals surface area contributed by atoms with E-state index < -0.39 is 28.7 Å². The van der Waals surface area contributed by atoms with Crippen LogP contribution in [0.4, 0.5) is 11.4 Å². The second-order valence-electron chi connectivity index (χ2n) is 7.22. The molecule has 0 bridgehead atoms. The van der Waals surface area contributed by atoms with Gasteiger partial charge in [0, 0.05) is 30.8 Å². The monoisotopic (exact) mass is 473 g/mol. The summed E-state index contributed by atoms with van der Waals surface area (Å²) in [6.45, 7) is 1.57. The van der Waals surface area contributed by atoms with Crippen molar-refractivity contribution in [1.29, 1.82) is 0 Å². The topological polar surface area (TPSA) is 152 Å². The van der Waals surface area contributed by atoms with Crippen LogP contribution in [-0.4, -0.2) is 41.7 Å². The number of hydrogen-bond acceptors (Lipinski definition) is 9. The van der Waals surface area contributed by atoms with Gasteiger partial charge in [-0.05, 0) is 31.5 Å². The average Bonchev–Trinajstić information content (AvgIpc) is 3.12. The van der Waals surface area contributed by atoms with Crippen molar-refractivity contribution >= 4 is 34.4 Å². The van der Waals surface area contributed by atoms with Crippen LogP contribution in [0.25, 0.3) is 11.1 Å². The number of aromatic nitrogens is 1. The lowest BCUT2D eigenvalue weighted by molar-refractivity contribution is -0.384. The van der Waals surface area contributed by atoms with E-state index >= 15 is 0 Å². The Balaban J connectivity index is 1.53. The van der Waals surface area contributed by atoms with Crippen molar-refractivity contribution in [2.24, 2.45) is 0 Å². The maximum atomic E-state index is 12.4. The van der Waals surface area contributed by atoms with Crippen LogP contribution >= 0.6 is 0 Å². The number of nitrogens with one attached hydrogen (secondary N) is 1. The predicted octanol–water partition coefficient (Wildman–Crippen LogP) is 2.87. The highest BCUT2D eigenvalue weighted by Gasteiger charge is 2.19. The fraction of sp³-hybridized carbons (Fsp3) is 0.318. The Labute approximate surface area is 193 Å². The van der Waals surface area contributed by atoms with Crippen LogP contribution in [0.5, 0.6) is 11.5 Å². The first-order chi connectivity index (χ1) is 16.2. The van der Waals surface area contributed by atoms with Crippen molar-refractivity contribution in [3.63, 3.8) is 0 Å². The van der Waals surface area contributed by atoms with Gasteiger partial charge in [-0.1, -0.05) is 0 Å². The third kappa shape index (κ3) is 5.52. The Bertz CT molecular complexity index is 1280. The lowest BCUT2D eigenvalue weighted by Crippen LogP contribution is -2.30. The molecule has 2 aromatic carbocycles. The second-order valence-corrected chi connectivity index (χ2v) is 7.22. The quantitative estimate of drug-likeness (QED) is 0.266. The number of nitro groups is 1. The standard InChI is InChI=1S/C22H23N3O9/c1-13(21(27)23-14-6-9-17(31-2)19(11-14)32-3)33-20(26)5-4-10-24-16-8-7-15(25(29)30)12-18(16)34-22(24)28/h6-9,11-13H,4-5,10H2,1-3H3,(H,23,27). The van der Waals surface area contributed by atoms with Gasteiger partial charge in [0.1, 0.15) is 0 Å². The molecule has 180 valence electrons. The molecule has 0 radical (unpaired) electrons. The van der Waals surface area contributed by atoms with Crippen molar-refractivity contribution in [2.45, 2.75) is 32.4 Å². The molecule has 1 atom stereocenters. The molecule has 0 aliphatic carbocycles. The van der Waals surface area contributed by atoms with E-state index in [0.717, 1.165) is 0 Å². The van der Waals surface area contributed by atoms with Gasteiger partial charge in [-0.2, -0.15) is 0 Å². The molecule has 0 aliphatic heterocycles. The zero-order valence-corrected chi connectivity index (χ0v) is 18.7. The maximum absolute atomic E-state index is 12.4. The first kappa shape index (κ1) is 24.3. The van der Waals surface area contributed by atoms with E-state index in [-0.39, 0.29) is 30.7 Å². The summed E-state index contributed by atoms with van der Waals surface area (Å²) in [7, 11) is 2.97. The summed E-state index contributed by atoms with van der Waals surface area (Å²) in [5, 5.41) is 13.5. The number of amides is 1. The summed E-state index contributed by atoms with van der Waals surface area (Å²) in [5.41, 5.74) is 0.711. The number of benzene rings is 2. The van der Waals surface area contributed by atoms with Gasteiger partial charge in [0.2, 0.25) is 0 Å². The van der Waals surface area contributed by atoms with Crippen LogP contribution in [0.15, 0.2) is 45.6 Å². The number of oxazole rings is 1. The fourth-order valence-corrected chi connectivity index (χ4v) is 3.23. The summed E-state index contributed by atoms with van der Waals surface area (Å²) >= 11 is 0. The molecule has 1 N–H and O–H groups in total. The third-order valence-electron chi connectivity index (χ3n) is 4.95. The highest BCUT2D eigenvalue weighted by molar-refractivity contribution is 5.95. The molecule has 12 nitrogen and oxygen atoms in total. The van der Waals surface area contributed by atoms with E-state index in [9.17, 15) is 24.5 Å². The normalized spacial score (nSPS) is 11.6. The van der Waals surface area contributed by atoms with E-state index in [1.165, 1.54) is 43.9 Å². The summed E-state index contributed by atoms with van der Waals surface area (Å²) < 4.78 is 21.8. The zero-order valence-electron chi connectivity index (χ0n) is 18.7. The van der Waals surface area contributed by atoms with E-state index in [2.05, 4.69) is 5.32 Å². The number of non-ortho nitro benzene ring substituents is 1. The van der Waals surface area contributed by atoms with E-state index in [1.54, 1.807) is 18.2 Å². The van der Waals surface area contributed by atoms with Gasteiger partial charge >= 0.3 is 11.7 Å². The van der Waals surface area contributed by atoms with Crippen LogP contribution in [0.2, 0.25) is 0 Å².